The lowest BCUT2D eigenvalue weighted by molar-refractivity contribution is -0.141. The van der Waals surface area contributed by atoms with Gasteiger partial charge in [0.15, 0.2) is 0 Å². The maximum Gasteiger partial charge on any atom is 0.325 e. The SMILES string of the molecule is CCC(C)C(N)C(=O)NC(CO)C(=O)NC(CCSC)C(=O)NC(C)C(=O)O. The largest absolute Gasteiger partial charge is 0.480 e. The van der Waals surface area contributed by atoms with E-state index in [1.54, 1.807) is 6.92 Å². The molecule has 0 aliphatic rings. The number of carbonyl (C=O) groups excluding carboxylic acids is 3. The number of hydrogen-bond donors (Lipinski definition) is 6. The van der Waals surface area contributed by atoms with Gasteiger partial charge in [0.2, 0.25) is 17.7 Å². The van der Waals surface area contributed by atoms with E-state index in [4.69, 9.17) is 10.8 Å². The maximum absolute atomic E-state index is 12.4. The second-order valence-electron chi connectivity index (χ2n) is 6.57. The summed E-state index contributed by atoms with van der Waals surface area (Å²) in [4.78, 5) is 47.8. The number of carbonyl (C=O) groups is 4. The first-order chi connectivity index (χ1) is 13.1. The van der Waals surface area contributed by atoms with Crippen LogP contribution in [-0.2, 0) is 19.2 Å². The second kappa shape index (κ2) is 13.3. The summed E-state index contributed by atoms with van der Waals surface area (Å²) in [6, 6.07) is -4.23. The molecule has 162 valence electrons. The summed E-state index contributed by atoms with van der Waals surface area (Å²) in [5, 5.41) is 25.5. The van der Waals surface area contributed by atoms with Crippen LogP contribution in [0, 0.1) is 5.92 Å². The molecule has 0 saturated heterocycles. The van der Waals surface area contributed by atoms with E-state index < -0.39 is 54.5 Å². The number of nitrogens with one attached hydrogen (secondary N) is 3. The molecule has 0 aromatic carbocycles. The van der Waals surface area contributed by atoms with Crippen molar-refractivity contribution in [2.75, 3.05) is 18.6 Å². The molecule has 0 spiro atoms. The van der Waals surface area contributed by atoms with Crippen LogP contribution in [0.5, 0.6) is 0 Å². The van der Waals surface area contributed by atoms with Gasteiger partial charge in [-0.3, -0.25) is 19.2 Å². The monoisotopic (exact) mass is 420 g/mol. The molecule has 0 radical (unpaired) electrons. The number of rotatable bonds is 13. The topological polar surface area (TPSA) is 171 Å². The van der Waals surface area contributed by atoms with E-state index in [0.29, 0.717) is 12.2 Å². The fraction of sp³-hybridized carbons (Fsp3) is 0.765. The van der Waals surface area contributed by atoms with Crippen LogP contribution in [-0.4, -0.2) is 76.7 Å². The lowest BCUT2D eigenvalue weighted by Gasteiger charge is -2.24. The third-order valence-electron chi connectivity index (χ3n) is 4.35. The first kappa shape index (κ1) is 26.1. The van der Waals surface area contributed by atoms with E-state index in [9.17, 15) is 24.3 Å². The number of aliphatic hydroxyl groups is 1. The van der Waals surface area contributed by atoms with Gasteiger partial charge in [-0.15, -0.1) is 0 Å². The molecule has 5 unspecified atom stereocenters. The minimum atomic E-state index is -1.27. The highest BCUT2D eigenvalue weighted by Gasteiger charge is 2.29. The molecule has 11 heteroatoms. The van der Waals surface area contributed by atoms with Crippen LogP contribution in [0.15, 0.2) is 0 Å². The zero-order valence-corrected chi connectivity index (χ0v) is 17.5. The molecule has 7 N–H and O–H groups in total. The van der Waals surface area contributed by atoms with Crippen molar-refractivity contribution in [2.45, 2.75) is 57.8 Å². The van der Waals surface area contributed by atoms with Gasteiger partial charge in [0, 0.05) is 0 Å². The van der Waals surface area contributed by atoms with Crippen molar-refractivity contribution >= 4 is 35.5 Å². The summed E-state index contributed by atoms with van der Waals surface area (Å²) in [6.07, 6.45) is 2.75. The lowest BCUT2D eigenvalue weighted by Crippen LogP contribution is -2.58. The number of hydrogen-bond acceptors (Lipinski definition) is 7. The van der Waals surface area contributed by atoms with Crippen LogP contribution in [0.25, 0.3) is 0 Å². The molecule has 0 aliphatic heterocycles. The number of carboxylic acids is 1. The normalized spacial score (nSPS) is 16.2. The Balaban J connectivity index is 5.07. The predicted octanol–water partition coefficient (Wildman–Crippen LogP) is -1.34. The number of nitrogens with two attached hydrogens (primary N) is 1. The molecule has 0 aromatic heterocycles. The molecule has 0 aromatic rings. The zero-order valence-electron chi connectivity index (χ0n) is 16.7. The maximum atomic E-state index is 12.4. The third kappa shape index (κ3) is 8.89. The summed E-state index contributed by atoms with van der Waals surface area (Å²) in [7, 11) is 0. The van der Waals surface area contributed by atoms with Crippen molar-refractivity contribution < 1.29 is 29.4 Å². The molecule has 0 fully saturated rings. The predicted molar refractivity (Wildman–Crippen MR) is 107 cm³/mol. The van der Waals surface area contributed by atoms with Crippen molar-refractivity contribution in [1.82, 2.24) is 16.0 Å². The quantitative estimate of drug-likeness (QED) is 0.213. The van der Waals surface area contributed by atoms with Crippen LogP contribution in [0.4, 0.5) is 0 Å². The number of aliphatic carboxylic acids is 1. The lowest BCUT2D eigenvalue weighted by atomic mass is 9.99. The van der Waals surface area contributed by atoms with Crippen molar-refractivity contribution in [3.8, 4) is 0 Å². The molecular weight excluding hydrogens is 388 g/mol. The molecule has 5 atom stereocenters. The highest BCUT2D eigenvalue weighted by molar-refractivity contribution is 7.98. The molecular formula is C17H32N4O6S. The average molecular weight is 421 g/mol. The summed E-state index contributed by atoms with van der Waals surface area (Å²) in [5.41, 5.74) is 5.82. The van der Waals surface area contributed by atoms with E-state index in [1.807, 2.05) is 13.2 Å². The minimum absolute atomic E-state index is 0.111. The molecule has 10 nitrogen and oxygen atoms in total. The van der Waals surface area contributed by atoms with Crippen LogP contribution in [0.2, 0.25) is 0 Å². The van der Waals surface area contributed by atoms with Crippen molar-refractivity contribution in [3.63, 3.8) is 0 Å². The Bertz CT molecular complexity index is 548. The van der Waals surface area contributed by atoms with Crippen molar-refractivity contribution in [3.05, 3.63) is 0 Å². The Morgan fingerprint density at radius 3 is 2.00 bits per heavy atom. The number of carboxylic acid groups (broad SMARTS) is 1. The van der Waals surface area contributed by atoms with Gasteiger partial charge in [0.1, 0.15) is 18.1 Å². The number of aliphatic hydroxyl groups excluding tert-OH is 1. The van der Waals surface area contributed by atoms with E-state index in [0.717, 1.165) is 0 Å². The molecule has 0 rings (SSSR count). The van der Waals surface area contributed by atoms with Gasteiger partial charge in [-0.25, -0.2) is 0 Å². The van der Waals surface area contributed by atoms with E-state index in [-0.39, 0.29) is 12.3 Å². The molecule has 3 amide bonds. The van der Waals surface area contributed by atoms with Crippen molar-refractivity contribution in [1.29, 1.82) is 0 Å². The number of thioether (sulfide) groups is 1. The first-order valence-corrected chi connectivity index (χ1v) is 10.5. The highest BCUT2D eigenvalue weighted by atomic mass is 32.2. The van der Waals surface area contributed by atoms with Gasteiger partial charge >= 0.3 is 5.97 Å². The Kier molecular flexibility index (Phi) is 12.5. The fourth-order valence-electron chi connectivity index (χ4n) is 2.13. The Hall–Kier alpha value is -1.85. The van der Waals surface area contributed by atoms with E-state index in [2.05, 4.69) is 16.0 Å². The molecule has 0 aliphatic carbocycles. The zero-order chi connectivity index (χ0) is 21.9. The van der Waals surface area contributed by atoms with E-state index in [1.165, 1.54) is 18.7 Å². The minimum Gasteiger partial charge on any atom is -0.480 e. The molecule has 28 heavy (non-hydrogen) atoms. The average Bonchev–Trinajstić information content (AvgIpc) is 2.66. The molecule has 0 heterocycles. The smallest absolute Gasteiger partial charge is 0.325 e. The van der Waals surface area contributed by atoms with Gasteiger partial charge in [-0.1, -0.05) is 20.3 Å². The summed E-state index contributed by atoms with van der Waals surface area (Å²) < 4.78 is 0. The third-order valence-corrected chi connectivity index (χ3v) is 4.99. The standard InChI is InChI=1S/C17H32N4O6S/c1-5-9(2)13(18)16(25)21-12(8-22)15(24)20-11(6-7-28-4)14(23)19-10(3)17(26)27/h9-13,22H,5-8,18H2,1-4H3,(H,19,23)(H,20,24)(H,21,25)(H,26,27). The Morgan fingerprint density at radius 2 is 1.54 bits per heavy atom. The van der Waals surface area contributed by atoms with Gasteiger partial charge < -0.3 is 31.9 Å². The van der Waals surface area contributed by atoms with Crippen LogP contribution in [0.3, 0.4) is 0 Å². The first-order valence-electron chi connectivity index (χ1n) is 9.08. The summed E-state index contributed by atoms with van der Waals surface area (Å²) in [5.74, 6) is -2.77. The highest BCUT2D eigenvalue weighted by Crippen LogP contribution is 2.06. The van der Waals surface area contributed by atoms with Gasteiger partial charge in [-0.05, 0) is 31.3 Å². The molecule has 0 saturated carbocycles. The number of amides is 3. The van der Waals surface area contributed by atoms with Crippen LogP contribution in [0.1, 0.15) is 33.6 Å². The van der Waals surface area contributed by atoms with Gasteiger partial charge in [-0.2, -0.15) is 11.8 Å². The van der Waals surface area contributed by atoms with E-state index >= 15 is 0 Å². The summed E-state index contributed by atoms with van der Waals surface area (Å²) in [6.45, 7) is 4.31. The second-order valence-corrected chi connectivity index (χ2v) is 7.55. The summed E-state index contributed by atoms with van der Waals surface area (Å²) >= 11 is 1.45. The van der Waals surface area contributed by atoms with Gasteiger partial charge in [0.25, 0.3) is 0 Å². The van der Waals surface area contributed by atoms with Crippen LogP contribution >= 0.6 is 11.8 Å². The Morgan fingerprint density at radius 1 is 1.00 bits per heavy atom. The van der Waals surface area contributed by atoms with Crippen LogP contribution < -0.4 is 21.7 Å². The molecule has 0 bridgehead atoms. The van der Waals surface area contributed by atoms with Gasteiger partial charge in [0.05, 0.1) is 12.6 Å². The fourth-order valence-corrected chi connectivity index (χ4v) is 2.60. The Labute approximate surface area is 169 Å². The van der Waals surface area contributed by atoms with Crippen molar-refractivity contribution in [2.24, 2.45) is 11.7 Å².